The summed E-state index contributed by atoms with van der Waals surface area (Å²) >= 11 is 0. The summed E-state index contributed by atoms with van der Waals surface area (Å²) in [5.74, 6) is -1.21. The van der Waals surface area contributed by atoms with Gasteiger partial charge in [-0.15, -0.1) is 0 Å². The topological polar surface area (TPSA) is 71.1 Å². The molecule has 1 aromatic heterocycles. The number of Topliss-reactive ketones (excluding diaryl/α,β-unsaturated/α-hetero) is 1. The van der Waals surface area contributed by atoms with Crippen LogP contribution in [0.15, 0.2) is 71.3 Å². The lowest BCUT2D eigenvalue weighted by atomic mass is 9.75. The Kier molecular flexibility index (Phi) is 5.39. The summed E-state index contributed by atoms with van der Waals surface area (Å²) in [7, 11) is 0. The van der Waals surface area contributed by atoms with Gasteiger partial charge in [0.15, 0.2) is 5.78 Å². The molecule has 0 fully saturated rings. The van der Waals surface area contributed by atoms with Crippen LogP contribution in [0.1, 0.15) is 43.2 Å². The van der Waals surface area contributed by atoms with Gasteiger partial charge in [-0.05, 0) is 55.7 Å². The van der Waals surface area contributed by atoms with E-state index in [2.05, 4.69) is 15.6 Å². The fourth-order valence-corrected chi connectivity index (χ4v) is 4.15. The number of hydrogen-bond acceptors (Lipinski definition) is 4. The van der Waals surface area contributed by atoms with Crippen LogP contribution in [0.2, 0.25) is 0 Å². The monoisotopic (exact) mass is 427 g/mol. The van der Waals surface area contributed by atoms with Crippen molar-refractivity contribution >= 4 is 17.4 Å². The van der Waals surface area contributed by atoms with Crippen LogP contribution in [0, 0.1) is 0 Å². The molecule has 1 aliphatic carbocycles. The Bertz CT molecular complexity index is 1100. The first kappa shape index (κ1) is 20.8. The lowest BCUT2D eigenvalue weighted by Gasteiger charge is -2.34. The first-order chi connectivity index (χ1) is 14.8. The normalized spacial score (nSPS) is 19.1. The highest BCUT2D eigenvalue weighted by molar-refractivity contribution is 6.09. The maximum absolute atomic E-state index is 13.3. The molecule has 31 heavy (non-hydrogen) atoms. The summed E-state index contributed by atoms with van der Waals surface area (Å²) in [6, 6.07) is 7.96. The maximum atomic E-state index is 13.3. The van der Waals surface area contributed by atoms with E-state index in [0.29, 0.717) is 29.7 Å². The lowest BCUT2D eigenvalue weighted by Crippen LogP contribution is -2.35. The molecule has 0 radical (unpaired) electrons. The van der Waals surface area contributed by atoms with Crippen molar-refractivity contribution in [3.63, 3.8) is 0 Å². The average Bonchev–Trinajstić information content (AvgIpc) is 2.73. The zero-order valence-electron chi connectivity index (χ0n) is 16.7. The van der Waals surface area contributed by atoms with Crippen LogP contribution in [0.4, 0.5) is 18.9 Å². The van der Waals surface area contributed by atoms with Gasteiger partial charge in [0, 0.05) is 53.0 Å². The zero-order valence-corrected chi connectivity index (χ0v) is 16.7. The van der Waals surface area contributed by atoms with E-state index in [1.807, 2.05) is 0 Å². The number of dihydropyridines is 1. The Morgan fingerprint density at radius 3 is 2.61 bits per heavy atom. The Labute approximate surface area is 177 Å². The number of ketones is 1. The van der Waals surface area contributed by atoms with E-state index in [4.69, 9.17) is 0 Å². The number of benzene rings is 1. The highest BCUT2D eigenvalue weighted by Crippen LogP contribution is 2.42. The second kappa shape index (κ2) is 8.02. The number of halogens is 3. The van der Waals surface area contributed by atoms with Gasteiger partial charge in [-0.2, -0.15) is 13.2 Å². The van der Waals surface area contributed by atoms with Crippen LogP contribution in [0.3, 0.4) is 0 Å². The molecule has 1 aromatic carbocycles. The van der Waals surface area contributed by atoms with Gasteiger partial charge in [-0.25, -0.2) is 0 Å². The van der Waals surface area contributed by atoms with E-state index < -0.39 is 23.6 Å². The number of anilines is 1. The summed E-state index contributed by atoms with van der Waals surface area (Å²) in [4.78, 5) is 30.1. The van der Waals surface area contributed by atoms with Crippen molar-refractivity contribution in [1.82, 2.24) is 10.3 Å². The minimum Gasteiger partial charge on any atom is -0.362 e. The quantitative estimate of drug-likeness (QED) is 0.745. The van der Waals surface area contributed by atoms with Gasteiger partial charge >= 0.3 is 6.18 Å². The third-order valence-electron chi connectivity index (χ3n) is 5.51. The number of aromatic nitrogens is 1. The number of nitrogens with zero attached hydrogens (tertiary/aromatic N) is 1. The molecule has 2 aliphatic rings. The smallest absolute Gasteiger partial charge is 0.362 e. The van der Waals surface area contributed by atoms with Crippen molar-refractivity contribution < 1.29 is 22.8 Å². The molecule has 1 unspecified atom stereocenters. The number of rotatable bonds is 3. The lowest BCUT2D eigenvalue weighted by molar-refractivity contribution is -0.137. The number of alkyl halides is 3. The molecule has 160 valence electrons. The molecule has 0 saturated heterocycles. The zero-order chi connectivity index (χ0) is 22.2. The first-order valence-electron chi connectivity index (χ1n) is 9.88. The van der Waals surface area contributed by atoms with Gasteiger partial charge in [0.25, 0.3) is 5.91 Å². The highest BCUT2D eigenvalue weighted by Gasteiger charge is 2.38. The summed E-state index contributed by atoms with van der Waals surface area (Å²) < 4.78 is 39.2. The predicted molar refractivity (Wildman–Crippen MR) is 109 cm³/mol. The molecule has 0 spiro atoms. The molecular weight excluding hydrogens is 407 g/mol. The molecule has 4 rings (SSSR count). The second-order valence-electron chi connectivity index (χ2n) is 7.58. The molecule has 1 amide bonds. The maximum Gasteiger partial charge on any atom is 0.416 e. The van der Waals surface area contributed by atoms with Crippen molar-refractivity contribution in [2.45, 2.75) is 38.3 Å². The highest BCUT2D eigenvalue weighted by atomic mass is 19.4. The summed E-state index contributed by atoms with van der Waals surface area (Å²) in [6.45, 7) is 1.73. The largest absolute Gasteiger partial charge is 0.416 e. The molecular formula is C23H20F3N3O2. The number of nitrogens with one attached hydrogen (secondary N) is 2. The van der Waals surface area contributed by atoms with E-state index in [1.165, 1.54) is 12.1 Å². The molecule has 2 aromatic rings. The second-order valence-corrected chi connectivity index (χ2v) is 7.58. The van der Waals surface area contributed by atoms with Gasteiger partial charge in [0.2, 0.25) is 0 Å². The van der Waals surface area contributed by atoms with Gasteiger partial charge < -0.3 is 10.6 Å². The number of carbonyl (C=O) groups excluding carboxylic acids is 2. The molecule has 2 heterocycles. The first-order valence-corrected chi connectivity index (χ1v) is 9.88. The average molecular weight is 427 g/mol. The number of carbonyl (C=O) groups is 2. The minimum absolute atomic E-state index is 0.0309. The molecule has 8 heteroatoms. The third-order valence-corrected chi connectivity index (χ3v) is 5.51. The van der Waals surface area contributed by atoms with Crippen molar-refractivity contribution in [3.05, 3.63) is 82.5 Å². The number of pyridine rings is 1. The van der Waals surface area contributed by atoms with Gasteiger partial charge in [0.05, 0.1) is 5.56 Å². The fraction of sp³-hybridized carbons (Fsp3) is 0.261. The number of amides is 1. The van der Waals surface area contributed by atoms with Crippen LogP contribution < -0.4 is 10.6 Å². The van der Waals surface area contributed by atoms with E-state index in [0.717, 1.165) is 29.8 Å². The van der Waals surface area contributed by atoms with Gasteiger partial charge in [-0.1, -0.05) is 6.07 Å². The van der Waals surface area contributed by atoms with E-state index in [-0.39, 0.29) is 11.5 Å². The molecule has 5 nitrogen and oxygen atoms in total. The van der Waals surface area contributed by atoms with Crippen LogP contribution in [-0.2, 0) is 15.8 Å². The van der Waals surface area contributed by atoms with Crippen LogP contribution >= 0.6 is 0 Å². The fourth-order valence-electron chi connectivity index (χ4n) is 4.15. The summed E-state index contributed by atoms with van der Waals surface area (Å²) in [5, 5.41) is 5.76. The summed E-state index contributed by atoms with van der Waals surface area (Å²) in [6.07, 6.45) is 0.472. The van der Waals surface area contributed by atoms with Gasteiger partial charge in [0.1, 0.15) is 0 Å². The SMILES string of the molecule is CC1=C(C(=O)Nc2cccc(C(F)(F)F)c2)C(c2ccncc2)C2=C(CCCC2=O)N1. The summed E-state index contributed by atoms with van der Waals surface area (Å²) in [5.41, 5.74) is 2.12. The van der Waals surface area contributed by atoms with Crippen molar-refractivity contribution in [2.75, 3.05) is 5.32 Å². The van der Waals surface area contributed by atoms with Crippen LogP contribution in [0.5, 0.6) is 0 Å². The van der Waals surface area contributed by atoms with Crippen molar-refractivity contribution in [3.8, 4) is 0 Å². The van der Waals surface area contributed by atoms with E-state index in [9.17, 15) is 22.8 Å². The van der Waals surface area contributed by atoms with E-state index in [1.54, 1.807) is 31.5 Å². The predicted octanol–water partition coefficient (Wildman–Crippen LogP) is 4.71. The Hall–Kier alpha value is -3.42. The minimum atomic E-state index is -4.52. The number of allylic oxidation sites excluding steroid dienone is 3. The standard InChI is InChI=1S/C23H20F3N3O2/c1-13-19(22(31)29-16-5-2-4-15(12-16)23(24,25)26)20(14-8-10-27-11-9-14)21-17(28-13)6-3-7-18(21)30/h2,4-5,8-12,20,28H,3,6-7H2,1H3,(H,29,31). The van der Waals surface area contributed by atoms with Gasteiger partial charge in [-0.3, -0.25) is 14.6 Å². The number of hydrogen-bond donors (Lipinski definition) is 2. The molecule has 0 saturated carbocycles. The van der Waals surface area contributed by atoms with Crippen molar-refractivity contribution in [2.24, 2.45) is 0 Å². The van der Waals surface area contributed by atoms with Crippen LogP contribution in [0.25, 0.3) is 0 Å². The Morgan fingerprint density at radius 2 is 1.90 bits per heavy atom. The molecule has 1 aliphatic heterocycles. The molecule has 1 atom stereocenters. The van der Waals surface area contributed by atoms with Crippen LogP contribution in [-0.4, -0.2) is 16.7 Å². The molecule has 0 bridgehead atoms. The Balaban J connectivity index is 1.74. The Morgan fingerprint density at radius 1 is 1.16 bits per heavy atom. The molecule has 2 N–H and O–H groups in total. The van der Waals surface area contributed by atoms with E-state index >= 15 is 0 Å². The third kappa shape index (κ3) is 4.10. The van der Waals surface area contributed by atoms with Crippen molar-refractivity contribution in [1.29, 1.82) is 0 Å².